The van der Waals surface area contributed by atoms with Crippen LogP contribution in [0.3, 0.4) is 0 Å². The normalized spacial score (nSPS) is 12.9. The highest BCUT2D eigenvalue weighted by Crippen LogP contribution is 2.22. The fraction of sp³-hybridized carbons (Fsp3) is 0.667. The fourth-order valence-corrected chi connectivity index (χ4v) is 2.96. The number of hydrogen-bond donors (Lipinski definition) is 1. The van der Waals surface area contributed by atoms with E-state index in [1.807, 2.05) is 0 Å². The highest BCUT2D eigenvalue weighted by Gasteiger charge is 2.21. The van der Waals surface area contributed by atoms with Gasteiger partial charge in [0.15, 0.2) is 0 Å². The molecule has 0 saturated carbocycles. The maximum absolute atomic E-state index is 13.9. The van der Waals surface area contributed by atoms with Gasteiger partial charge in [0.2, 0.25) is 0 Å². The van der Waals surface area contributed by atoms with Crippen LogP contribution in [0.1, 0.15) is 58.4 Å². The summed E-state index contributed by atoms with van der Waals surface area (Å²) in [5, 5.41) is 3.55. The lowest BCUT2D eigenvalue weighted by Gasteiger charge is -2.28. The van der Waals surface area contributed by atoms with Crippen molar-refractivity contribution in [2.45, 2.75) is 65.3 Å². The molecule has 0 radical (unpaired) electrons. The molecule has 21 heavy (non-hydrogen) atoms. The molecule has 0 spiro atoms. The lowest BCUT2D eigenvalue weighted by atomic mass is 9.86. The molecule has 1 N–H and O–H groups in total. The van der Waals surface area contributed by atoms with Crippen molar-refractivity contribution in [1.29, 1.82) is 0 Å². The Bertz CT molecular complexity index is 400. The third kappa shape index (κ3) is 6.13. The monoisotopic (exact) mass is 297 g/mol. The van der Waals surface area contributed by atoms with Crippen LogP contribution < -0.4 is 5.32 Å². The van der Waals surface area contributed by atoms with E-state index in [1.165, 1.54) is 18.2 Å². The number of benzene rings is 1. The van der Waals surface area contributed by atoms with Gasteiger partial charge in [-0.1, -0.05) is 33.6 Å². The van der Waals surface area contributed by atoms with Crippen LogP contribution in [0.5, 0.6) is 0 Å². The van der Waals surface area contributed by atoms with Crippen molar-refractivity contribution in [3.63, 3.8) is 0 Å². The number of rotatable bonds is 10. The topological polar surface area (TPSA) is 12.0 Å². The summed E-state index contributed by atoms with van der Waals surface area (Å²) in [6.45, 7) is 7.41. The van der Waals surface area contributed by atoms with Crippen LogP contribution >= 0.6 is 0 Å². The molecule has 3 heteroatoms. The molecule has 1 rings (SSSR count). The summed E-state index contributed by atoms with van der Waals surface area (Å²) in [7, 11) is 0. The van der Waals surface area contributed by atoms with Crippen molar-refractivity contribution < 1.29 is 8.78 Å². The molecule has 0 aliphatic carbocycles. The van der Waals surface area contributed by atoms with Gasteiger partial charge in [-0.3, -0.25) is 0 Å². The standard InChI is InChI=1S/C18H29F2N/c1-4-7-14(8-5-2)18(21-11-6-3)13-15-12-16(19)9-10-17(15)20/h9-10,12,14,18,21H,4-8,11,13H2,1-3H3. The Balaban J connectivity index is 2.86. The highest BCUT2D eigenvalue weighted by molar-refractivity contribution is 5.20. The lowest BCUT2D eigenvalue weighted by Crippen LogP contribution is -2.39. The zero-order valence-corrected chi connectivity index (χ0v) is 13.6. The number of nitrogens with one attached hydrogen (secondary N) is 1. The summed E-state index contributed by atoms with van der Waals surface area (Å²) in [6.07, 6.45) is 6.13. The molecule has 0 saturated heterocycles. The van der Waals surface area contributed by atoms with Crippen molar-refractivity contribution in [2.24, 2.45) is 5.92 Å². The van der Waals surface area contributed by atoms with Crippen LogP contribution in [0.25, 0.3) is 0 Å². The second-order valence-corrected chi connectivity index (χ2v) is 5.84. The van der Waals surface area contributed by atoms with Gasteiger partial charge in [-0.25, -0.2) is 8.78 Å². The molecular formula is C18H29F2N. The molecule has 0 fully saturated rings. The van der Waals surface area contributed by atoms with Gasteiger partial charge in [-0.05, 0) is 61.9 Å². The Hall–Kier alpha value is -0.960. The summed E-state index contributed by atoms with van der Waals surface area (Å²) in [6, 6.07) is 3.98. The van der Waals surface area contributed by atoms with Gasteiger partial charge in [0.1, 0.15) is 11.6 Å². The Labute approximate surface area is 128 Å². The van der Waals surface area contributed by atoms with E-state index in [4.69, 9.17) is 0 Å². The van der Waals surface area contributed by atoms with Crippen LogP contribution in [-0.2, 0) is 6.42 Å². The van der Waals surface area contributed by atoms with Crippen LogP contribution in [-0.4, -0.2) is 12.6 Å². The average Bonchev–Trinajstić information content (AvgIpc) is 2.47. The molecule has 120 valence electrons. The van der Waals surface area contributed by atoms with Crippen LogP contribution in [0, 0.1) is 17.6 Å². The van der Waals surface area contributed by atoms with E-state index >= 15 is 0 Å². The van der Waals surface area contributed by atoms with Gasteiger partial charge in [-0.15, -0.1) is 0 Å². The molecule has 1 unspecified atom stereocenters. The average molecular weight is 297 g/mol. The van der Waals surface area contributed by atoms with Crippen LogP contribution in [0.4, 0.5) is 8.78 Å². The van der Waals surface area contributed by atoms with Gasteiger partial charge < -0.3 is 5.32 Å². The van der Waals surface area contributed by atoms with Crippen molar-refractivity contribution in [2.75, 3.05) is 6.54 Å². The maximum atomic E-state index is 13.9. The molecule has 0 aromatic heterocycles. The summed E-state index contributed by atoms with van der Waals surface area (Å²) < 4.78 is 27.3. The molecule has 0 bridgehead atoms. The first-order chi connectivity index (χ1) is 10.1. The van der Waals surface area contributed by atoms with Crippen LogP contribution in [0.15, 0.2) is 18.2 Å². The molecule has 1 aromatic rings. The number of halogens is 2. The molecule has 0 aliphatic rings. The van der Waals surface area contributed by atoms with E-state index in [1.54, 1.807) is 0 Å². The van der Waals surface area contributed by atoms with Gasteiger partial charge in [-0.2, -0.15) is 0 Å². The highest BCUT2D eigenvalue weighted by atomic mass is 19.1. The van der Waals surface area contributed by atoms with Gasteiger partial charge >= 0.3 is 0 Å². The van der Waals surface area contributed by atoms with E-state index < -0.39 is 0 Å². The smallest absolute Gasteiger partial charge is 0.126 e. The minimum atomic E-state index is -0.358. The Kier molecular flexibility index (Phi) is 8.51. The minimum absolute atomic E-state index is 0.223. The molecule has 1 nitrogen and oxygen atoms in total. The Morgan fingerprint density at radius 3 is 2.24 bits per heavy atom. The van der Waals surface area contributed by atoms with Gasteiger partial charge in [0.25, 0.3) is 0 Å². The summed E-state index contributed by atoms with van der Waals surface area (Å²) in [5.41, 5.74) is 0.487. The number of hydrogen-bond acceptors (Lipinski definition) is 1. The second-order valence-electron chi connectivity index (χ2n) is 5.84. The molecule has 1 aromatic carbocycles. The molecule has 0 aliphatic heterocycles. The minimum Gasteiger partial charge on any atom is -0.313 e. The van der Waals surface area contributed by atoms with Crippen molar-refractivity contribution >= 4 is 0 Å². The van der Waals surface area contributed by atoms with Crippen molar-refractivity contribution in [3.05, 3.63) is 35.4 Å². The summed E-state index contributed by atoms with van der Waals surface area (Å²) >= 11 is 0. The fourth-order valence-electron chi connectivity index (χ4n) is 2.96. The predicted molar refractivity (Wildman–Crippen MR) is 85.4 cm³/mol. The van der Waals surface area contributed by atoms with Crippen LogP contribution in [0.2, 0.25) is 0 Å². The first-order valence-corrected chi connectivity index (χ1v) is 8.29. The van der Waals surface area contributed by atoms with Crippen molar-refractivity contribution in [3.8, 4) is 0 Å². The zero-order valence-electron chi connectivity index (χ0n) is 13.6. The second kappa shape index (κ2) is 9.88. The third-order valence-electron chi connectivity index (χ3n) is 3.99. The molecule has 0 amide bonds. The van der Waals surface area contributed by atoms with E-state index in [2.05, 4.69) is 26.1 Å². The molecule has 0 heterocycles. The summed E-state index contributed by atoms with van der Waals surface area (Å²) in [4.78, 5) is 0. The first-order valence-electron chi connectivity index (χ1n) is 8.29. The van der Waals surface area contributed by atoms with E-state index in [9.17, 15) is 8.78 Å². The quantitative estimate of drug-likeness (QED) is 0.634. The maximum Gasteiger partial charge on any atom is 0.126 e. The molecule has 1 atom stereocenters. The third-order valence-corrected chi connectivity index (χ3v) is 3.99. The molecular weight excluding hydrogens is 268 g/mol. The van der Waals surface area contributed by atoms with Crippen molar-refractivity contribution in [1.82, 2.24) is 5.32 Å². The predicted octanol–water partition coefficient (Wildman–Crippen LogP) is 5.09. The Morgan fingerprint density at radius 1 is 1.00 bits per heavy atom. The first kappa shape index (κ1) is 18.1. The van der Waals surface area contributed by atoms with E-state index in [-0.39, 0.29) is 17.7 Å². The van der Waals surface area contributed by atoms with E-state index in [0.717, 1.165) is 38.6 Å². The Morgan fingerprint density at radius 2 is 1.67 bits per heavy atom. The lowest BCUT2D eigenvalue weighted by molar-refractivity contribution is 0.306. The van der Waals surface area contributed by atoms with Gasteiger partial charge in [0, 0.05) is 6.04 Å². The zero-order chi connectivity index (χ0) is 15.7. The van der Waals surface area contributed by atoms with E-state index in [0.29, 0.717) is 17.9 Å². The van der Waals surface area contributed by atoms with Gasteiger partial charge in [0.05, 0.1) is 0 Å². The SMILES string of the molecule is CCCNC(Cc1cc(F)ccc1F)C(CCC)CCC. The largest absolute Gasteiger partial charge is 0.313 e. The summed E-state index contributed by atoms with van der Waals surface area (Å²) in [5.74, 6) is -0.135.